The van der Waals surface area contributed by atoms with Gasteiger partial charge in [-0.25, -0.2) is 0 Å². The molecule has 1 amide bonds. The predicted octanol–water partition coefficient (Wildman–Crippen LogP) is 4.15. The van der Waals surface area contributed by atoms with E-state index in [9.17, 15) is 31.1 Å². The van der Waals surface area contributed by atoms with E-state index in [1.165, 1.54) is 0 Å². The minimum Gasteiger partial charge on any atom is -0.406 e. The van der Waals surface area contributed by atoms with Crippen molar-refractivity contribution in [2.45, 2.75) is 24.9 Å². The first kappa shape index (κ1) is 16.7. The Labute approximate surface area is 132 Å². The van der Waals surface area contributed by atoms with Crippen molar-refractivity contribution in [2.24, 2.45) is 5.92 Å². The van der Waals surface area contributed by atoms with Gasteiger partial charge in [0.15, 0.2) is 0 Å². The highest BCUT2D eigenvalue weighted by Crippen LogP contribution is 2.46. The second kappa shape index (κ2) is 5.42. The van der Waals surface area contributed by atoms with Gasteiger partial charge in [0.1, 0.15) is 5.75 Å². The summed E-state index contributed by atoms with van der Waals surface area (Å²) >= 11 is 0. The third kappa shape index (κ3) is 3.07. The van der Waals surface area contributed by atoms with Gasteiger partial charge in [-0.1, -0.05) is 12.2 Å². The van der Waals surface area contributed by atoms with Gasteiger partial charge in [-0.3, -0.25) is 4.79 Å². The van der Waals surface area contributed by atoms with Crippen LogP contribution in [0.1, 0.15) is 17.9 Å². The smallest absolute Gasteiger partial charge is 0.406 e. The molecule has 1 heterocycles. The van der Waals surface area contributed by atoms with Crippen molar-refractivity contribution < 1.29 is 35.9 Å². The fraction of sp³-hybridized carbons (Fsp3) is 0.400. The minimum absolute atomic E-state index is 0.0420. The quantitative estimate of drug-likeness (QED) is 0.562. The monoisotopic (exact) mass is 351 g/mol. The average molecular weight is 351 g/mol. The van der Waals surface area contributed by atoms with Gasteiger partial charge < -0.3 is 9.64 Å². The van der Waals surface area contributed by atoms with Crippen molar-refractivity contribution in [3.63, 3.8) is 0 Å². The fourth-order valence-corrected chi connectivity index (χ4v) is 3.17. The maximum atomic E-state index is 12.8. The van der Waals surface area contributed by atoms with Crippen LogP contribution in [0.3, 0.4) is 0 Å². The zero-order valence-corrected chi connectivity index (χ0v) is 12.0. The first-order chi connectivity index (χ1) is 11.1. The molecule has 0 N–H and O–H groups in total. The molecule has 9 heteroatoms. The van der Waals surface area contributed by atoms with Gasteiger partial charge in [0.2, 0.25) is 0 Å². The molecular weight excluding hydrogens is 340 g/mol. The van der Waals surface area contributed by atoms with Crippen LogP contribution in [-0.4, -0.2) is 25.0 Å². The largest absolute Gasteiger partial charge is 0.573 e. The Kier molecular flexibility index (Phi) is 3.76. The average Bonchev–Trinajstić information content (AvgIpc) is 2.91. The van der Waals surface area contributed by atoms with Crippen molar-refractivity contribution in [1.82, 2.24) is 0 Å². The van der Waals surface area contributed by atoms with E-state index in [0.717, 1.165) is 18.2 Å². The van der Waals surface area contributed by atoms with Gasteiger partial charge in [0, 0.05) is 18.2 Å². The molecular formula is C15H11F6NO2. The first-order valence-electron chi connectivity index (χ1n) is 7.01. The van der Waals surface area contributed by atoms with Crippen molar-refractivity contribution in [2.75, 3.05) is 11.4 Å². The highest BCUT2D eigenvalue weighted by atomic mass is 19.4. The van der Waals surface area contributed by atoms with Crippen LogP contribution < -0.4 is 9.64 Å². The number of amides is 1. The molecule has 0 aromatic heterocycles. The molecule has 3 rings (SSSR count). The predicted molar refractivity (Wildman–Crippen MR) is 71.5 cm³/mol. The van der Waals surface area contributed by atoms with E-state index in [4.69, 9.17) is 0 Å². The van der Waals surface area contributed by atoms with Crippen molar-refractivity contribution in [3.8, 4) is 5.75 Å². The molecule has 2 unspecified atom stereocenters. The number of rotatable bonds is 1. The molecule has 24 heavy (non-hydrogen) atoms. The first-order valence-corrected chi connectivity index (χ1v) is 7.01. The van der Waals surface area contributed by atoms with Crippen LogP contribution in [0.15, 0.2) is 30.4 Å². The molecule has 0 fully saturated rings. The lowest BCUT2D eigenvalue weighted by Gasteiger charge is -2.37. The number of ether oxygens (including phenoxy) is 1. The second-order valence-corrected chi connectivity index (χ2v) is 5.63. The van der Waals surface area contributed by atoms with Gasteiger partial charge >= 0.3 is 18.4 Å². The van der Waals surface area contributed by atoms with Crippen LogP contribution in [0.2, 0.25) is 0 Å². The van der Waals surface area contributed by atoms with Gasteiger partial charge in [-0.15, -0.1) is 13.2 Å². The Balaban J connectivity index is 2.03. The number of carbonyl (C=O) groups excluding carboxylic acids is 1. The van der Waals surface area contributed by atoms with Gasteiger partial charge in [0.05, 0.1) is 0 Å². The molecule has 1 aliphatic carbocycles. The molecule has 2 atom stereocenters. The zero-order chi connectivity index (χ0) is 17.7. The summed E-state index contributed by atoms with van der Waals surface area (Å²) in [6.45, 7) is -0.136. The van der Waals surface area contributed by atoms with Crippen LogP contribution in [0.5, 0.6) is 5.75 Å². The highest BCUT2D eigenvalue weighted by molar-refractivity contribution is 5.98. The van der Waals surface area contributed by atoms with Crippen LogP contribution in [0.25, 0.3) is 0 Å². The maximum Gasteiger partial charge on any atom is 0.573 e. The summed E-state index contributed by atoms with van der Waals surface area (Å²) in [7, 11) is 0. The minimum atomic E-state index is -5.06. The lowest BCUT2D eigenvalue weighted by atomic mass is 9.83. The molecule has 0 radical (unpaired) electrons. The lowest BCUT2D eigenvalue weighted by Crippen LogP contribution is -2.46. The number of allylic oxidation sites excluding steroid dienone is 2. The Bertz CT molecular complexity index is 694. The summed E-state index contributed by atoms with van der Waals surface area (Å²) in [5.74, 6) is -3.20. The summed E-state index contributed by atoms with van der Waals surface area (Å²) in [6, 6.07) is 3.01. The fourth-order valence-electron chi connectivity index (χ4n) is 3.17. The number of alkyl halides is 6. The summed E-state index contributed by atoms with van der Waals surface area (Å²) < 4.78 is 79.3. The topological polar surface area (TPSA) is 29.5 Å². The number of nitrogens with zero attached hydrogens (tertiary/aromatic N) is 1. The number of hydrogen-bond donors (Lipinski definition) is 0. The molecule has 2 aliphatic rings. The number of carbonyl (C=O) groups is 1. The Morgan fingerprint density at radius 2 is 1.88 bits per heavy atom. The van der Waals surface area contributed by atoms with E-state index in [-0.39, 0.29) is 29.6 Å². The zero-order valence-electron chi connectivity index (χ0n) is 12.0. The van der Waals surface area contributed by atoms with Crippen LogP contribution in [0, 0.1) is 5.92 Å². The van der Waals surface area contributed by atoms with Gasteiger partial charge in [-0.05, 0) is 36.1 Å². The van der Waals surface area contributed by atoms with Crippen molar-refractivity contribution >= 4 is 11.6 Å². The number of anilines is 1. The van der Waals surface area contributed by atoms with E-state index < -0.39 is 24.2 Å². The van der Waals surface area contributed by atoms with Gasteiger partial charge in [0.25, 0.3) is 0 Å². The van der Waals surface area contributed by atoms with E-state index in [1.54, 1.807) is 12.2 Å². The molecule has 3 nitrogen and oxygen atoms in total. The molecule has 0 saturated heterocycles. The third-order valence-electron chi connectivity index (χ3n) is 4.08. The SMILES string of the molecule is O=C(N1CC2CC=CC2c2cc(OC(F)(F)F)ccc21)C(F)(F)F. The Morgan fingerprint density at radius 1 is 1.17 bits per heavy atom. The van der Waals surface area contributed by atoms with E-state index in [2.05, 4.69) is 4.74 Å². The molecule has 1 aromatic rings. The molecule has 1 aliphatic heterocycles. The van der Waals surface area contributed by atoms with Crippen molar-refractivity contribution in [1.29, 1.82) is 0 Å². The van der Waals surface area contributed by atoms with Gasteiger partial charge in [-0.2, -0.15) is 13.2 Å². The normalized spacial score (nSPS) is 23.0. The third-order valence-corrected chi connectivity index (χ3v) is 4.08. The molecule has 0 saturated carbocycles. The van der Waals surface area contributed by atoms with E-state index in [0.29, 0.717) is 11.3 Å². The Hall–Kier alpha value is -2.19. The summed E-state index contributed by atoms with van der Waals surface area (Å²) in [4.78, 5) is 12.2. The van der Waals surface area contributed by atoms with E-state index >= 15 is 0 Å². The molecule has 1 aromatic carbocycles. The number of hydrogen-bond acceptors (Lipinski definition) is 2. The molecule has 130 valence electrons. The maximum absolute atomic E-state index is 12.8. The van der Waals surface area contributed by atoms with Crippen molar-refractivity contribution in [3.05, 3.63) is 35.9 Å². The Morgan fingerprint density at radius 3 is 2.50 bits per heavy atom. The molecule has 0 spiro atoms. The van der Waals surface area contributed by atoms with Crippen LogP contribution in [0.4, 0.5) is 32.0 Å². The highest BCUT2D eigenvalue weighted by Gasteiger charge is 2.47. The number of fused-ring (bicyclic) bond motifs is 3. The summed E-state index contributed by atoms with van der Waals surface area (Å²) in [5.41, 5.74) is 0.180. The summed E-state index contributed by atoms with van der Waals surface area (Å²) in [6.07, 6.45) is -6.03. The number of halogens is 6. The lowest BCUT2D eigenvalue weighted by molar-refractivity contribution is -0.274. The molecule has 0 bridgehead atoms. The van der Waals surface area contributed by atoms with Crippen LogP contribution >= 0.6 is 0 Å². The standard InChI is InChI=1S/C15H11F6NO2/c16-14(17,18)13(23)22-7-8-2-1-3-10(8)11-6-9(4-5-12(11)22)24-15(19,20)21/h1,3-6,8,10H,2,7H2. The number of benzene rings is 1. The summed E-state index contributed by atoms with van der Waals surface area (Å²) in [5, 5.41) is 0. The van der Waals surface area contributed by atoms with E-state index in [1.807, 2.05) is 0 Å². The second-order valence-electron chi connectivity index (χ2n) is 5.63. The van der Waals surface area contributed by atoms with Crippen LogP contribution in [-0.2, 0) is 4.79 Å².